The van der Waals surface area contributed by atoms with E-state index in [4.69, 9.17) is 0 Å². The fourth-order valence-corrected chi connectivity index (χ4v) is 11.3. The predicted octanol–water partition coefficient (Wildman–Crippen LogP) is 8.25. The molecule has 1 heteroatoms. The molecule has 1 N–H and O–H groups in total. The first-order valence-corrected chi connectivity index (χ1v) is 14.1. The van der Waals surface area contributed by atoms with Crippen LogP contribution in [0.2, 0.25) is 0 Å². The highest BCUT2D eigenvalue weighted by Crippen LogP contribution is 2.89. The van der Waals surface area contributed by atoms with Gasteiger partial charge in [0.25, 0.3) is 0 Å². The first-order valence-electron chi connectivity index (χ1n) is 14.1. The van der Waals surface area contributed by atoms with Gasteiger partial charge in [0.2, 0.25) is 0 Å². The van der Waals surface area contributed by atoms with Crippen molar-refractivity contribution in [2.24, 2.45) is 56.7 Å². The molecule has 1 nitrogen and oxygen atoms in total. The first kappa shape index (κ1) is 22.7. The van der Waals surface area contributed by atoms with Crippen molar-refractivity contribution in [3.05, 3.63) is 0 Å². The lowest BCUT2D eigenvalue weighted by Crippen LogP contribution is -2.57. The predicted molar refractivity (Wildman–Crippen MR) is 131 cm³/mol. The van der Waals surface area contributed by atoms with Crippen molar-refractivity contribution in [1.29, 1.82) is 0 Å². The van der Waals surface area contributed by atoms with Crippen molar-refractivity contribution in [2.45, 2.75) is 132 Å². The van der Waals surface area contributed by atoms with Crippen molar-refractivity contribution in [2.75, 3.05) is 0 Å². The van der Waals surface area contributed by atoms with Crippen LogP contribution in [-0.4, -0.2) is 11.2 Å². The third-order valence-corrected chi connectivity index (χ3v) is 13.3. The zero-order chi connectivity index (χ0) is 22.4. The molecule has 31 heavy (non-hydrogen) atoms. The van der Waals surface area contributed by atoms with Crippen molar-refractivity contribution < 1.29 is 5.11 Å². The van der Waals surface area contributed by atoms with Gasteiger partial charge in [-0.25, -0.2) is 0 Å². The monoisotopic (exact) mass is 428 g/mol. The van der Waals surface area contributed by atoms with Crippen molar-refractivity contribution in [3.8, 4) is 0 Å². The lowest BCUT2D eigenvalue weighted by atomic mass is 9.41. The van der Waals surface area contributed by atoms with Crippen molar-refractivity contribution in [1.82, 2.24) is 0 Å². The molecule has 0 bridgehead atoms. The average molecular weight is 429 g/mol. The summed E-state index contributed by atoms with van der Waals surface area (Å²) in [5.74, 6) is 4.41. The van der Waals surface area contributed by atoms with Gasteiger partial charge in [0.15, 0.2) is 0 Å². The highest BCUT2D eigenvalue weighted by Gasteiger charge is 2.82. The normalized spacial score (nSPS) is 53.3. The summed E-state index contributed by atoms with van der Waals surface area (Å²) < 4.78 is 0. The van der Waals surface area contributed by atoms with Gasteiger partial charge in [-0.1, -0.05) is 67.7 Å². The van der Waals surface area contributed by atoms with Gasteiger partial charge in [0.05, 0.1) is 6.10 Å². The van der Waals surface area contributed by atoms with Crippen LogP contribution in [0.1, 0.15) is 126 Å². The number of hydrogen-bond donors (Lipinski definition) is 1. The average Bonchev–Trinajstić information content (AvgIpc) is 3.27. The second kappa shape index (κ2) is 6.99. The molecule has 2 spiro atoms. The van der Waals surface area contributed by atoms with Crippen LogP contribution in [-0.2, 0) is 0 Å². The molecule has 0 amide bonds. The third-order valence-electron chi connectivity index (χ3n) is 13.3. The van der Waals surface area contributed by atoms with E-state index >= 15 is 0 Å². The number of aliphatic hydroxyl groups excluding tert-OH is 1. The molecule has 0 radical (unpaired) electrons. The van der Waals surface area contributed by atoms with Gasteiger partial charge in [-0.3, -0.25) is 0 Å². The van der Waals surface area contributed by atoms with Gasteiger partial charge in [0, 0.05) is 0 Å². The van der Waals surface area contributed by atoms with Gasteiger partial charge in [0.1, 0.15) is 0 Å². The lowest BCUT2D eigenvalue weighted by Gasteiger charge is -2.63. The minimum Gasteiger partial charge on any atom is -0.393 e. The van der Waals surface area contributed by atoms with Gasteiger partial charge >= 0.3 is 0 Å². The number of aliphatic hydroxyl groups is 1. The summed E-state index contributed by atoms with van der Waals surface area (Å²) in [5, 5.41) is 10.8. The summed E-state index contributed by atoms with van der Waals surface area (Å²) in [7, 11) is 0. The Balaban J connectivity index is 1.39. The molecule has 0 heterocycles. The summed E-state index contributed by atoms with van der Waals surface area (Å²) >= 11 is 0. The summed E-state index contributed by atoms with van der Waals surface area (Å²) in [6.45, 7) is 17.7. The van der Waals surface area contributed by atoms with Gasteiger partial charge in [-0.05, 0) is 114 Å². The minimum absolute atomic E-state index is 0.0793. The molecule has 0 aromatic rings. The molecule has 0 aromatic heterocycles. The van der Waals surface area contributed by atoms with E-state index in [1.54, 1.807) is 0 Å². The van der Waals surface area contributed by atoms with Crippen LogP contribution in [0.15, 0.2) is 0 Å². The maximum absolute atomic E-state index is 10.8. The summed E-state index contributed by atoms with van der Waals surface area (Å²) in [6.07, 6.45) is 16.9. The van der Waals surface area contributed by atoms with Crippen LogP contribution in [0.25, 0.3) is 0 Å². The Labute approximate surface area is 193 Å². The van der Waals surface area contributed by atoms with Crippen LogP contribution < -0.4 is 0 Å². The van der Waals surface area contributed by atoms with E-state index in [1.165, 1.54) is 70.6 Å². The summed E-state index contributed by atoms with van der Waals surface area (Å²) in [4.78, 5) is 0. The lowest BCUT2D eigenvalue weighted by molar-refractivity contribution is -0.161. The topological polar surface area (TPSA) is 20.2 Å². The number of rotatable bonds is 5. The zero-order valence-electron chi connectivity index (χ0n) is 21.9. The molecule has 5 saturated carbocycles. The van der Waals surface area contributed by atoms with Crippen LogP contribution in [0.5, 0.6) is 0 Å². The van der Waals surface area contributed by atoms with Gasteiger partial charge in [-0.15, -0.1) is 0 Å². The molecule has 178 valence electrons. The Kier molecular flexibility index (Phi) is 5.13. The van der Waals surface area contributed by atoms with E-state index in [1.807, 2.05) is 0 Å². The second-order valence-corrected chi connectivity index (χ2v) is 14.8. The van der Waals surface area contributed by atoms with Crippen LogP contribution in [0.4, 0.5) is 0 Å². The molecule has 5 aliphatic rings. The smallest absolute Gasteiger partial charge is 0.0594 e. The molecule has 0 aliphatic heterocycles. The molecule has 5 fully saturated rings. The summed E-state index contributed by atoms with van der Waals surface area (Å²) in [6, 6.07) is 0. The molecular formula is C30H52O. The van der Waals surface area contributed by atoms with Crippen LogP contribution >= 0.6 is 0 Å². The quantitative estimate of drug-likeness (QED) is 0.467. The largest absolute Gasteiger partial charge is 0.393 e. The van der Waals surface area contributed by atoms with Crippen molar-refractivity contribution >= 4 is 0 Å². The molecule has 0 aromatic carbocycles. The molecule has 5 rings (SSSR count). The maximum Gasteiger partial charge on any atom is 0.0594 e. The highest BCUT2D eigenvalue weighted by atomic mass is 16.3. The molecule has 0 saturated heterocycles. The van der Waals surface area contributed by atoms with E-state index < -0.39 is 0 Å². The zero-order valence-corrected chi connectivity index (χ0v) is 21.9. The number of hydrogen-bond acceptors (Lipinski definition) is 1. The van der Waals surface area contributed by atoms with E-state index in [0.717, 1.165) is 36.0 Å². The first-order chi connectivity index (χ1) is 14.4. The van der Waals surface area contributed by atoms with E-state index in [2.05, 4.69) is 48.5 Å². The Morgan fingerprint density at radius 3 is 2.13 bits per heavy atom. The Bertz CT molecular complexity index is 709. The summed E-state index contributed by atoms with van der Waals surface area (Å²) in [5.41, 5.74) is 2.45. The molecular weight excluding hydrogens is 376 g/mol. The Hall–Kier alpha value is -0.0400. The maximum atomic E-state index is 10.8. The Morgan fingerprint density at radius 1 is 0.742 bits per heavy atom. The number of fused-ring (bicyclic) bond motifs is 2. The molecule has 9 atom stereocenters. The van der Waals surface area contributed by atoms with Crippen LogP contribution in [0.3, 0.4) is 0 Å². The van der Waals surface area contributed by atoms with Crippen LogP contribution in [0, 0.1) is 56.7 Å². The van der Waals surface area contributed by atoms with Crippen molar-refractivity contribution in [3.63, 3.8) is 0 Å². The van der Waals surface area contributed by atoms with E-state index in [-0.39, 0.29) is 11.5 Å². The second-order valence-electron chi connectivity index (χ2n) is 14.8. The van der Waals surface area contributed by atoms with E-state index in [0.29, 0.717) is 21.7 Å². The third kappa shape index (κ3) is 2.77. The molecule has 5 aliphatic carbocycles. The Morgan fingerprint density at radius 2 is 1.42 bits per heavy atom. The van der Waals surface area contributed by atoms with Gasteiger partial charge in [-0.2, -0.15) is 0 Å². The fraction of sp³-hybridized carbons (Fsp3) is 1.00. The van der Waals surface area contributed by atoms with E-state index in [9.17, 15) is 5.11 Å². The standard InChI is InChI=1S/C30H52O/c1-20(2)9-8-10-21(3)22-13-15-28(7)24-12-11-23-26(4,5)25(31)14-16-29(23)19-30(24,29)18-17-27(22,28)6/h20-25,31H,8-19H2,1-7H3/t21-,22-,23-,24+,25+,27-,28+,29-,30+/m1/s1. The molecule has 0 unspecified atom stereocenters. The minimum atomic E-state index is -0.0793. The SMILES string of the molecule is CC(C)CCC[C@@H](C)[C@H]1CC[C@@]2(C)[C@@H]3CC[C@@H]4C(C)(C)[C@@H](O)CC[C@@]45C[C@@]35CC[C@]12C. The highest BCUT2D eigenvalue weighted by molar-refractivity contribution is 5.30. The fourth-order valence-electron chi connectivity index (χ4n) is 11.3. The van der Waals surface area contributed by atoms with Gasteiger partial charge < -0.3 is 5.11 Å².